The van der Waals surface area contributed by atoms with Crippen molar-refractivity contribution >= 4 is 5.97 Å². The molecular formula is C16H32O2. The van der Waals surface area contributed by atoms with Crippen molar-refractivity contribution in [1.82, 2.24) is 0 Å². The number of aliphatic carboxylic acids is 1. The molecular weight excluding hydrogens is 224 g/mol. The van der Waals surface area contributed by atoms with Gasteiger partial charge in [-0.05, 0) is 18.3 Å². The average Bonchev–Trinajstić information content (AvgIpc) is 2.29. The van der Waals surface area contributed by atoms with Gasteiger partial charge in [0.25, 0.3) is 0 Å². The zero-order chi connectivity index (χ0) is 13.8. The summed E-state index contributed by atoms with van der Waals surface area (Å²) in [7, 11) is 0. The van der Waals surface area contributed by atoms with Gasteiger partial charge >= 0.3 is 5.97 Å². The Morgan fingerprint density at radius 3 is 1.94 bits per heavy atom. The van der Waals surface area contributed by atoms with Gasteiger partial charge in [-0.1, -0.05) is 72.1 Å². The van der Waals surface area contributed by atoms with E-state index in [0.29, 0.717) is 6.42 Å². The summed E-state index contributed by atoms with van der Waals surface area (Å²) in [5.74, 6) is 1.05. The molecule has 0 amide bonds. The molecule has 0 aromatic rings. The first-order chi connectivity index (χ1) is 8.52. The summed E-state index contributed by atoms with van der Waals surface area (Å²) >= 11 is 0. The average molecular weight is 256 g/mol. The molecule has 0 spiro atoms. The second-order valence-corrected chi connectivity index (χ2v) is 6.13. The minimum absolute atomic E-state index is 0.340. The number of hydrogen-bond donors (Lipinski definition) is 1. The van der Waals surface area contributed by atoms with Crippen molar-refractivity contribution in [3.05, 3.63) is 0 Å². The number of hydrogen-bond acceptors (Lipinski definition) is 1. The van der Waals surface area contributed by atoms with Gasteiger partial charge in [0, 0.05) is 6.42 Å². The minimum Gasteiger partial charge on any atom is -0.481 e. The maximum Gasteiger partial charge on any atom is 0.303 e. The van der Waals surface area contributed by atoms with Crippen LogP contribution in [0.15, 0.2) is 0 Å². The Hall–Kier alpha value is -0.530. The SMILES string of the molecule is CC(C)CCC(C)CCCCCCCCC(=O)O. The molecule has 18 heavy (non-hydrogen) atoms. The number of unbranched alkanes of at least 4 members (excludes halogenated alkanes) is 5. The summed E-state index contributed by atoms with van der Waals surface area (Å²) in [6, 6.07) is 0. The van der Waals surface area contributed by atoms with Crippen LogP contribution in [-0.2, 0) is 4.79 Å². The molecule has 1 N–H and O–H groups in total. The van der Waals surface area contributed by atoms with Gasteiger partial charge in [-0.2, -0.15) is 0 Å². The predicted octanol–water partition coefficient (Wildman–Crippen LogP) is 5.26. The summed E-state index contributed by atoms with van der Waals surface area (Å²) in [6.45, 7) is 6.96. The molecule has 2 heteroatoms. The molecule has 0 aliphatic carbocycles. The Morgan fingerprint density at radius 1 is 0.833 bits per heavy atom. The van der Waals surface area contributed by atoms with Gasteiger partial charge in [0.15, 0.2) is 0 Å². The quantitative estimate of drug-likeness (QED) is 0.483. The summed E-state index contributed by atoms with van der Waals surface area (Å²) < 4.78 is 0. The fourth-order valence-corrected chi connectivity index (χ4v) is 2.24. The van der Waals surface area contributed by atoms with Crippen LogP contribution in [0.2, 0.25) is 0 Å². The highest BCUT2D eigenvalue weighted by Crippen LogP contribution is 2.18. The molecule has 0 radical (unpaired) electrons. The first kappa shape index (κ1) is 17.5. The van der Waals surface area contributed by atoms with Crippen molar-refractivity contribution in [2.24, 2.45) is 11.8 Å². The van der Waals surface area contributed by atoms with Crippen LogP contribution in [0.3, 0.4) is 0 Å². The minimum atomic E-state index is -0.658. The second kappa shape index (κ2) is 11.6. The van der Waals surface area contributed by atoms with Crippen LogP contribution in [0.4, 0.5) is 0 Å². The Labute approximate surface area is 113 Å². The van der Waals surface area contributed by atoms with E-state index in [9.17, 15) is 4.79 Å². The molecule has 0 aromatic heterocycles. The van der Waals surface area contributed by atoms with E-state index >= 15 is 0 Å². The number of rotatable bonds is 12. The third-order valence-corrected chi connectivity index (χ3v) is 3.57. The largest absolute Gasteiger partial charge is 0.481 e. The van der Waals surface area contributed by atoms with Crippen molar-refractivity contribution in [1.29, 1.82) is 0 Å². The molecule has 0 aliphatic heterocycles. The van der Waals surface area contributed by atoms with Gasteiger partial charge in [0.2, 0.25) is 0 Å². The first-order valence-electron chi connectivity index (χ1n) is 7.74. The topological polar surface area (TPSA) is 37.3 Å². The van der Waals surface area contributed by atoms with Gasteiger partial charge < -0.3 is 5.11 Å². The van der Waals surface area contributed by atoms with Crippen molar-refractivity contribution in [2.45, 2.75) is 85.0 Å². The van der Waals surface area contributed by atoms with Crippen molar-refractivity contribution in [3.8, 4) is 0 Å². The molecule has 0 saturated heterocycles. The van der Waals surface area contributed by atoms with Crippen LogP contribution >= 0.6 is 0 Å². The second-order valence-electron chi connectivity index (χ2n) is 6.13. The van der Waals surface area contributed by atoms with Crippen LogP contribution in [0.1, 0.15) is 85.0 Å². The third-order valence-electron chi connectivity index (χ3n) is 3.57. The predicted molar refractivity (Wildman–Crippen MR) is 77.8 cm³/mol. The molecule has 0 heterocycles. The van der Waals surface area contributed by atoms with Gasteiger partial charge in [-0.25, -0.2) is 0 Å². The van der Waals surface area contributed by atoms with E-state index in [2.05, 4.69) is 20.8 Å². The van der Waals surface area contributed by atoms with E-state index in [0.717, 1.165) is 24.7 Å². The lowest BCUT2D eigenvalue weighted by Gasteiger charge is -2.12. The molecule has 2 nitrogen and oxygen atoms in total. The van der Waals surface area contributed by atoms with Gasteiger partial charge in [0.05, 0.1) is 0 Å². The maximum atomic E-state index is 10.3. The molecule has 0 saturated carbocycles. The Bertz CT molecular complexity index is 199. The normalized spacial score (nSPS) is 12.9. The fraction of sp³-hybridized carbons (Fsp3) is 0.938. The standard InChI is InChI=1S/C16H32O2/c1-14(2)12-13-15(3)10-8-6-4-5-7-9-11-16(17)18/h14-15H,4-13H2,1-3H3,(H,17,18). The molecule has 1 atom stereocenters. The van der Waals surface area contributed by atoms with E-state index in [4.69, 9.17) is 5.11 Å². The van der Waals surface area contributed by atoms with Crippen molar-refractivity contribution in [3.63, 3.8) is 0 Å². The van der Waals surface area contributed by atoms with Crippen LogP contribution in [-0.4, -0.2) is 11.1 Å². The van der Waals surface area contributed by atoms with Crippen LogP contribution < -0.4 is 0 Å². The summed E-state index contributed by atoms with van der Waals surface area (Å²) in [5, 5.41) is 8.50. The maximum absolute atomic E-state index is 10.3. The highest BCUT2D eigenvalue weighted by Gasteiger charge is 2.03. The zero-order valence-corrected chi connectivity index (χ0v) is 12.6. The van der Waals surface area contributed by atoms with E-state index in [1.54, 1.807) is 0 Å². The Morgan fingerprint density at radius 2 is 1.39 bits per heavy atom. The first-order valence-corrected chi connectivity index (χ1v) is 7.74. The van der Waals surface area contributed by atoms with E-state index in [1.807, 2.05) is 0 Å². The van der Waals surface area contributed by atoms with Crippen molar-refractivity contribution in [2.75, 3.05) is 0 Å². The monoisotopic (exact) mass is 256 g/mol. The highest BCUT2D eigenvalue weighted by atomic mass is 16.4. The van der Waals surface area contributed by atoms with E-state index in [-0.39, 0.29) is 0 Å². The lowest BCUT2D eigenvalue weighted by atomic mass is 9.94. The highest BCUT2D eigenvalue weighted by molar-refractivity contribution is 5.66. The molecule has 108 valence electrons. The molecule has 0 bridgehead atoms. The van der Waals surface area contributed by atoms with E-state index in [1.165, 1.54) is 44.9 Å². The fourth-order valence-electron chi connectivity index (χ4n) is 2.24. The van der Waals surface area contributed by atoms with Crippen molar-refractivity contribution < 1.29 is 9.90 Å². The number of carbonyl (C=O) groups is 1. The lowest BCUT2D eigenvalue weighted by Crippen LogP contribution is -1.98. The summed E-state index contributed by atoms with van der Waals surface area (Å²) in [6.07, 6.45) is 11.5. The van der Waals surface area contributed by atoms with Crippen LogP contribution in [0, 0.1) is 11.8 Å². The molecule has 0 aliphatic rings. The Kier molecular flexibility index (Phi) is 11.2. The smallest absolute Gasteiger partial charge is 0.303 e. The van der Waals surface area contributed by atoms with E-state index < -0.39 is 5.97 Å². The third kappa shape index (κ3) is 13.5. The number of carboxylic acid groups (broad SMARTS) is 1. The molecule has 0 rings (SSSR count). The van der Waals surface area contributed by atoms with Gasteiger partial charge in [0.1, 0.15) is 0 Å². The Balaban J connectivity index is 3.17. The van der Waals surface area contributed by atoms with Crippen LogP contribution in [0.25, 0.3) is 0 Å². The summed E-state index contributed by atoms with van der Waals surface area (Å²) in [4.78, 5) is 10.3. The number of carboxylic acids is 1. The molecule has 0 aromatic carbocycles. The zero-order valence-electron chi connectivity index (χ0n) is 12.6. The molecule has 1 unspecified atom stereocenters. The van der Waals surface area contributed by atoms with Gasteiger partial charge in [-0.3, -0.25) is 4.79 Å². The lowest BCUT2D eigenvalue weighted by molar-refractivity contribution is -0.137. The van der Waals surface area contributed by atoms with Gasteiger partial charge in [-0.15, -0.1) is 0 Å². The molecule has 0 fully saturated rings. The van der Waals surface area contributed by atoms with Crippen LogP contribution in [0.5, 0.6) is 0 Å². The summed E-state index contributed by atoms with van der Waals surface area (Å²) in [5.41, 5.74) is 0.